The molecule has 7 heteroatoms. The van der Waals surface area contributed by atoms with Gasteiger partial charge in [-0.15, -0.1) is 0 Å². The van der Waals surface area contributed by atoms with Crippen LogP contribution in [0, 0.1) is 11.8 Å². The van der Waals surface area contributed by atoms with Crippen molar-refractivity contribution in [2.45, 2.75) is 13.0 Å². The molecule has 1 aromatic rings. The third kappa shape index (κ3) is 4.10. The molecule has 2 saturated heterocycles. The molecule has 3 rings (SSSR count). The summed E-state index contributed by atoms with van der Waals surface area (Å²) in [5.41, 5.74) is 1.03. The molecule has 0 saturated carbocycles. The van der Waals surface area contributed by atoms with Crippen LogP contribution in [-0.4, -0.2) is 71.2 Å². The smallest absolute Gasteiger partial charge is 0.307 e. The molecule has 0 bridgehead atoms. The van der Waals surface area contributed by atoms with Crippen LogP contribution in [0.4, 0.5) is 0 Å². The molecule has 2 aliphatic heterocycles. The monoisotopic (exact) mass is 333 g/mol. The van der Waals surface area contributed by atoms with Crippen LogP contribution in [-0.2, 0) is 20.9 Å². The number of aromatic nitrogens is 1. The molecular weight excluding hydrogens is 310 g/mol. The summed E-state index contributed by atoms with van der Waals surface area (Å²) in [6.45, 7) is 3.97. The average Bonchev–Trinajstić information content (AvgIpc) is 2.62. The summed E-state index contributed by atoms with van der Waals surface area (Å²) in [4.78, 5) is 32.2. The second kappa shape index (κ2) is 7.72. The predicted molar refractivity (Wildman–Crippen MR) is 86.1 cm³/mol. The standard InChI is InChI=1S/C17H23N3O4/c21-16(20-4-6-24-7-5-20)14-8-15(17(22)23)12-19(11-14)10-13-2-1-3-18-9-13/h1-3,9,14-15H,4-8,10-12H2,(H,22,23)/t14-,15+/m1/s1. The van der Waals surface area contributed by atoms with Gasteiger partial charge in [-0.2, -0.15) is 0 Å². The Bertz CT molecular complexity index is 574. The number of piperidine rings is 1. The Morgan fingerprint density at radius 1 is 1.25 bits per heavy atom. The fourth-order valence-electron chi connectivity index (χ4n) is 3.47. The van der Waals surface area contributed by atoms with Crippen LogP contribution in [0.3, 0.4) is 0 Å². The van der Waals surface area contributed by atoms with Crippen molar-refractivity contribution in [3.8, 4) is 0 Å². The first-order valence-electron chi connectivity index (χ1n) is 8.34. The van der Waals surface area contributed by atoms with Crippen LogP contribution in [0.25, 0.3) is 0 Å². The van der Waals surface area contributed by atoms with E-state index in [9.17, 15) is 14.7 Å². The van der Waals surface area contributed by atoms with Crippen LogP contribution in [0.1, 0.15) is 12.0 Å². The van der Waals surface area contributed by atoms with Crippen LogP contribution < -0.4 is 0 Å². The van der Waals surface area contributed by atoms with Gasteiger partial charge in [0, 0.05) is 45.1 Å². The van der Waals surface area contributed by atoms with Crippen molar-refractivity contribution < 1.29 is 19.4 Å². The van der Waals surface area contributed by atoms with Gasteiger partial charge in [-0.3, -0.25) is 19.5 Å². The normalized spacial score (nSPS) is 25.4. The highest BCUT2D eigenvalue weighted by Gasteiger charge is 2.37. The van der Waals surface area contributed by atoms with Crippen molar-refractivity contribution >= 4 is 11.9 Å². The molecule has 1 aromatic heterocycles. The topological polar surface area (TPSA) is 83.0 Å². The number of rotatable bonds is 4. The lowest BCUT2D eigenvalue weighted by atomic mass is 9.88. The molecule has 2 fully saturated rings. The van der Waals surface area contributed by atoms with Crippen LogP contribution >= 0.6 is 0 Å². The van der Waals surface area contributed by atoms with Crippen LogP contribution in [0.2, 0.25) is 0 Å². The predicted octanol–water partition coefficient (Wildman–Crippen LogP) is 0.463. The number of pyridine rings is 1. The van der Waals surface area contributed by atoms with Crippen molar-refractivity contribution in [1.29, 1.82) is 0 Å². The van der Waals surface area contributed by atoms with Gasteiger partial charge in [-0.05, 0) is 18.1 Å². The van der Waals surface area contributed by atoms with Gasteiger partial charge in [-0.25, -0.2) is 0 Å². The number of nitrogens with zero attached hydrogens (tertiary/aromatic N) is 3. The van der Waals surface area contributed by atoms with E-state index in [1.807, 2.05) is 12.1 Å². The molecule has 1 N–H and O–H groups in total. The molecular formula is C17H23N3O4. The molecule has 3 heterocycles. The second-order valence-corrected chi connectivity index (χ2v) is 6.46. The molecule has 2 atom stereocenters. The molecule has 0 unspecified atom stereocenters. The van der Waals surface area contributed by atoms with Crippen molar-refractivity contribution in [1.82, 2.24) is 14.8 Å². The van der Waals surface area contributed by atoms with Crippen molar-refractivity contribution in [2.24, 2.45) is 11.8 Å². The molecule has 0 spiro atoms. The number of carbonyl (C=O) groups is 2. The first kappa shape index (κ1) is 16.9. The molecule has 0 radical (unpaired) electrons. The summed E-state index contributed by atoms with van der Waals surface area (Å²) in [5, 5.41) is 9.45. The fraction of sp³-hybridized carbons (Fsp3) is 0.588. The number of carboxylic acids is 1. The SMILES string of the molecule is O=C(O)[C@H]1C[C@@H](C(=O)N2CCOCC2)CN(Cc2cccnc2)C1. The highest BCUT2D eigenvalue weighted by Crippen LogP contribution is 2.25. The first-order chi connectivity index (χ1) is 11.6. The van der Waals surface area contributed by atoms with E-state index < -0.39 is 11.9 Å². The van der Waals surface area contributed by atoms with Gasteiger partial charge in [-0.1, -0.05) is 6.07 Å². The third-order valence-corrected chi connectivity index (χ3v) is 4.68. The highest BCUT2D eigenvalue weighted by atomic mass is 16.5. The number of ether oxygens (including phenoxy) is 1. The Kier molecular flexibility index (Phi) is 5.42. The van der Waals surface area contributed by atoms with Gasteiger partial charge in [0.1, 0.15) is 0 Å². The Labute approximate surface area is 141 Å². The van der Waals surface area contributed by atoms with Gasteiger partial charge in [0.25, 0.3) is 0 Å². The summed E-state index contributed by atoms with van der Waals surface area (Å²) < 4.78 is 5.29. The zero-order valence-corrected chi connectivity index (χ0v) is 13.6. The van der Waals surface area contributed by atoms with Gasteiger partial charge < -0.3 is 14.7 Å². The number of likely N-dealkylation sites (tertiary alicyclic amines) is 1. The lowest BCUT2D eigenvalue weighted by molar-refractivity contribution is -0.149. The fourth-order valence-corrected chi connectivity index (χ4v) is 3.47. The molecule has 7 nitrogen and oxygen atoms in total. The van der Waals surface area contributed by atoms with Crippen LogP contribution in [0.5, 0.6) is 0 Å². The number of amides is 1. The first-order valence-corrected chi connectivity index (χ1v) is 8.34. The van der Waals surface area contributed by atoms with Crippen molar-refractivity contribution in [3.05, 3.63) is 30.1 Å². The zero-order valence-electron chi connectivity index (χ0n) is 13.6. The summed E-state index contributed by atoms with van der Waals surface area (Å²) in [6, 6.07) is 3.83. The molecule has 0 aliphatic carbocycles. The van der Waals surface area contributed by atoms with E-state index in [4.69, 9.17) is 4.74 Å². The lowest BCUT2D eigenvalue weighted by Crippen LogP contribution is -2.51. The third-order valence-electron chi connectivity index (χ3n) is 4.68. The number of hydrogen-bond donors (Lipinski definition) is 1. The Morgan fingerprint density at radius 2 is 2.00 bits per heavy atom. The Balaban J connectivity index is 1.69. The van der Waals surface area contributed by atoms with E-state index in [1.165, 1.54) is 0 Å². The van der Waals surface area contributed by atoms with Gasteiger partial charge in [0.2, 0.25) is 5.91 Å². The number of carbonyl (C=O) groups excluding carboxylic acids is 1. The second-order valence-electron chi connectivity index (χ2n) is 6.46. The molecule has 2 aliphatic rings. The lowest BCUT2D eigenvalue weighted by Gasteiger charge is -2.38. The zero-order chi connectivity index (χ0) is 16.9. The molecule has 0 aromatic carbocycles. The van der Waals surface area contributed by atoms with E-state index in [-0.39, 0.29) is 11.8 Å². The molecule has 130 valence electrons. The number of aliphatic carboxylic acids is 1. The highest BCUT2D eigenvalue weighted by molar-refractivity contribution is 5.80. The minimum Gasteiger partial charge on any atom is -0.481 e. The van der Waals surface area contributed by atoms with E-state index in [1.54, 1.807) is 17.3 Å². The maximum absolute atomic E-state index is 12.8. The Hall–Kier alpha value is -1.99. The summed E-state index contributed by atoms with van der Waals surface area (Å²) in [5.74, 6) is -1.55. The van der Waals surface area contributed by atoms with Crippen LogP contribution in [0.15, 0.2) is 24.5 Å². The summed E-state index contributed by atoms with van der Waals surface area (Å²) in [7, 11) is 0. The van der Waals surface area contributed by atoms with Gasteiger partial charge >= 0.3 is 5.97 Å². The quantitative estimate of drug-likeness (QED) is 0.862. The number of morpholine rings is 1. The average molecular weight is 333 g/mol. The van der Waals surface area contributed by atoms with Crippen molar-refractivity contribution in [3.63, 3.8) is 0 Å². The van der Waals surface area contributed by atoms with Gasteiger partial charge in [0.05, 0.1) is 25.0 Å². The maximum Gasteiger partial charge on any atom is 0.307 e. The summed E-state index contributed by atoms with van der Waals surface area (Å²) in [6.07, 6.45) is 3.91. The number of carboxylic acid groups (broad SMARTS) is 1. The van der Waals surface area contributed by atoms with Gasteiger partial charge in [0.15, 0.2) is 0 Å². The van der Waals surface area contributed by atoms with E-state index >= 15 is 0 Å². The van der Waals surface area contributed by atoms with E-state index in [0.717, 1.165) is 5.56 Å². The minimum absolute atomic E-state index is 0.0560. The number of hydrogen-bond acceptors (Lipinski definition) is 5. The largest absolute Gasteiger partial charge is 0.481 e. The maximum atomic E-state index is 12.8. The van der Waals surface area contributed by atoms with Crippen molar-refractivity contribution in [2.75, 3.05) is 39.4 Å². The Morgan fingerprint density at radius 3 is 2.67 bits per heavy atom. The van der Waals surface area contributed by atoms with E-state index in [0.29, 0.717) is 52.4 Å². The van der Waals surface area contributed by atoms with E-state index in [2.05, 4.69) is 9.88 Å². The minimum atomic E-state index is -0.828. The molecule has 24 heavy (non-hydrogen) atoms. The summed E-state index contributed by atoms with van der Waals surface area (Å²) >= 11 is 0. The molecule has 1 amide bonds.